The van der Waals surface area contributed by atoms with Crippen LogP contribution < -0.4 is 0 Å². The van der Waals surface area contributed by atoms with Gasteiger partial charge in [-0.2, -0.15) is 0 Å². The lowest BCUT2D eigenvalue weighted by Crippen LogP contribution is -2.29. The lowest BCUT2D eigenvalue weighted by Gasteiger charge is -2.24. The highest BCUT2D eigenvalue weighted by Crippen LogP contribution is 2.40. The molecule has 1 aromatic carbocycles. The van der Waals surface area contributed by atoms with E-state index in [1.165, 1.54) is 60.0 Å². The van der Waals surface area contributed by atoms with E-state index in [2.05, 4.69) is 4.98 Å². The summed E-state index contributed by atoms with van der Waals surface area (Å²) < 4.78 is 18.7. The van der Waals surface area contributed by atoms with Crippen molar-refractivity contribution in [1.82, 2.24) is 9.88 Å². The van der Waals surface area contributed by atoms with Gasteiger partial charge in [-0.1, -0.05) is 12.1 Å². The maximum Gasteiger partial charge on any atom is 0.296 e. The number of rotatable bonds is 4. The molecule has 140 valence electrons. The molecule has 0 bridgehead atoms. The molecule has 1 fully saturated rings. The SMILES string of the molecule is O=C1C(=O)N(Cc2ccco2)C(c2ccc(F)cc2)C1=C(O)c1ccncc1. The molecule has 1 saturated heterocycles. The summed E-state index contributed by atoms with van der Waals surface area (Å²) in [4.78, 5) is 30.7. The first kappa shape index (κ1) is 17.7. The van der Waals surface area contributed by atoms with Crippen LogP contribution in [0, 0.1) is 5.82 Å². The first-order chi connectivity index (χ1) is 13.6. The minimum absolute atomic E-state index is 0.0345. The van der Waals surface area contributed by atoms with Gasteiger partial charge in [0.15, 0.2) is 0 Å². The minimum atomic E-state index is -0.876. The maximum absolute atomic E-state index is 13.4. The summed E-state index contributed by atoms with van der Waals surface area (Å²) in [6.45, 7) is 0.0345. The molecular formula is C21H15FN2O4. The smallest absolute Gasteiger partial charge is 0.296 e. The Morgan fingerprint density at radius 3 is 2.46 bits per heavy atom. The van der Waals surface area contributed by atoms with E-state index in [0.29, 0.717) is 16.9 Å². The fraction of sp³-hybridized carbons (Fsp3) is 0.0952. The van der Waals surface area contributed by atoms with Crippen molar-refractivity contribution in [2.45, 2.75) is 12.6 Å². The largest absolute Gasteiger partial charge is 0.507 e. The number of aliphatic hydroxyl groups is 1. The standard InChI is InChI=1S/C21H15FN2O4/c22-15-5-3-13(4-6-15)18-17(19(25)14-7-9-23-10-8-14)20(26)21(27)24(18)12-16-2-1-11-28-16/h1-11,18,25H,12H2. The minimum Gasteiger partial charge on any atom is -0.507 e. The molecule has 1 N–H and O–H groups in total. The number of amides is 1. The van der Waals surface area contributed by atoms with E-state index in [1.54, 1.807) is 12.1 Å². The number of pyridine rings is 1. The second kappa shape index (κ2) is 7.11. The average molecular weight is 378 g/mol. The predicted octanol–water partition coefficient (Wildman–Crippen LogP) is 3.44. The number of ketones is 1. The van der Waals surface area contributed by atoms with E-state index in [4.69, 9.17) is 4.42 Å². The van der Waals surface area contributed by atoms with Crippen molar-refractivity contribution in [2.75, 3.05) is 0 Å². The molecule has 1 amide bonds. The third-order valence-corrected chi connectivity index (χ3v) is 4.59. The molecule has 2 aromatic heterocycles. The van der Waals surface area contributed by atoms with Gasteiger partial charge in [-0.05, 0) is 42.0 Å². The Morgan fingerprint density at radius 1 is 1.11 bits per heavy atom. The molecule has 6 nitrogen and oxygen atoms in total. The van der Waals surface area contributed by atoms with Gasteiger partial charge in [0.05, 0.1) is 24.4 Å². The number of hydrogen-bond acceptors (Lipinski definition) is 5. The van der Waals surface area contributed by atoms with Gasteiger partial charge < -0.3 is 14.4 Å². The zero-order valence-corrected chi connectivity index (χ0v) is 14.6. The number of furan rings is 1. The van der Waals surface area contributed by atoms with Crippen LogP contribution in [-0.2, 0) is 16.1 Å². The molecule has 28 heavy (non-hydrogen) atoms. The summed E-state index contributed by atoms with van der Waals surface area (Å²) >= 11 is 0. The molecule has 0 saturated carbocycles. The third-order valence-electron chi connectivity index (χ3n) is 4.59. The monoisotopic (exact) mass is 378 g/mol. The number of benzene rings is 1. The van der Waals surface area contributed by atoms with Crippen molar-refractivity contribution in [3.05, 3.63) is 95.5 Å². The summed E-state index contributed by atoms with van der Waals surface area (Å²) in [5.74, 6) is -1.84. The van der Waals surface area contributed by atoms with Gasteiger partial charge in [-0.3, -0.25) is 14.6 Å². The predicted molar refractivity (Wildman–Crippen MR) is 97.2 cm³/mol. The van der Waals surface area contributed by atoms with E-state index in [-0.39, 0.29) is 17.9 Å². The Bertz CT molecular complexity index is 1040. The lowest BCUT2D eigenvalue weighted by molar-refractivity contribution is -0.140. The molecule has 0 aliphatic carbocycles. The maximum atomic E-state index is 13.4. The summed E-state index contributed by atoms with van der Waals surface area (Å²) in [5, 5.41) is 10.8. The van der Waals surface area contributed by atoms with Crippen LogP contribution in [0.3, 0.4) is 0 Å². The molecule has 1 aliphatic rings. The Hall–Kier alpha value is -3.74. The van der Waals surface area contributed by atoms with Crippen molar-refractivity contribution in [3.8, 4) is 0 Å². The fourth-order valence-electron chi connectivity index (χ4n) is 3.27. The van der Waals surface area contributed by atoms with Crippen LogP contribution in [0.1, 0.15) is 22.9 Å². The van der Waals surface area contributed by atoms with Crippen LogP contribution in [0.4, 0.5) is 4.39 Å². The van der Waals surface area contributed by atoms with Gasteiger partial charge in [-0.15, -0.1) is 0 Å². The normalized spacial score (nSPS) is 18.6. The Labute approximate surface area is 159 Å². The Balaban J connectivity index is 1.86. The number of hydrogen-bond donors (Lipinski definition) is 1. The van der Waals surface area contributed by atoms with E-state index in [1.807, 2.05) is 0 Å². The zero-order chi connectivity index (χ0) is 19.7. The number of nitrogens with zero attached hydrogens (tertiary/aromatic N) is 2. The molecular weight excluding hydrogens is 363 g/mol. The van der Waals surface area contributed by atoms with Gasteiger partial charge in [0, 0.05) is 18.0 Å². The lowest BCUT2D eigenvalue weighted by atomic mass is 9.95. The second-order valence-electron chi connectivity index (χ2n) is 6.29. The molecule has 4 rings (SSSR count). The van der Waals surface area contributed by atoms with Gasteiger partial charge >= 0.3 is 0 Å². The molecule has 1 atom stereocenters. The van der Waals surface area contributed by atoms with Crippen LogP contribution in [0.15, 0.2) is 77.2 Å². The second-order valence-corrected chi connectivity index (χ2v) is 6.29. The van der Waals surface area contributed by atoms with Crippen molar-refractivity contribution in [2.24, 2.45) is 0 Å². The summed E-state index contributed by atoms with van der Waals surface area (Å²) in [5.41, 5.74) is 0.801. The van der Waals surface area contributed by atoms with Gasteiger partial charge in [0.2, 0.25) is 0 Å². The van der Waals surface area contributed by atoms with E-state index >= 15 is 0 Å². The number of aromatic nitrogens is 1. The van der Waals surface area contributed by atoms with E-state index < -0.39 is 23.5 Å². The first-order valence-electron chi connectivity index (χ1n) is 8.53. The van der Waals surface area contributed by atoms with Crippen LogP contribution in [0.2, 0.25) is 0 Å². The van der Waals surface area contributed by atoms with Crippen LogP contribution in [-0.4, -0.2) is 26.7 Å². The number of Topliss-reactive ketones (excluding diaryl/α,β-unsaturated/α-hetero) is 1. The third kappa shape index (κ3) is 3.07. The molecule has 3 heterocycles. The van der Waals surface area contributed by atoms with E-state index in [0.717, 1.165) is 0 Å². The Kier molecular flexibility index (Phi) is 4.49. The molecule has 1 unspecified atom stereocenters. The summed E-state index contributed by atoms with van der Waals surface area (Å²) in [6.07, 6.45) is 4.41. The number of aliphatic hydroxyl groups excluding tert-OH is 1. The highest BCUT2D eigenvalue weighted by atomic mass is 19.1. The number of halogens is 1. The highest BCUT2D eigenvalue weighted by Gasteiger charge is 2.46. The van der Waals surface area contributed by atoms with Gasteiger partial charge in [0.1, 0.15) is 17.3 Å². The van der Waals surface area contributed by atoms with Crippen molar-refractivity contribution in [1.29, 1.82) is 0 Å². The number of carbonyl (C=O) groups is 2. The molecule has 0 radical (unpaired) electrons. The highest BCUT2D eigenvalue weighted by molar-refractivity contribution is 6.46. The number of likely N-dealkylation sites (tertiary alicyclic amines) is 1. The van der Waals surface area contributed by atoms with Crippen molar-refractivity contribution in [3.63, 3.8) is 0 Å². The first-order valence-corrected chi connectivity index (χ1v) is 8.53. The summed E-state index contributed by atoms with van der Waals surface area (Å²) in [7, 11) is 0. The fourth-order valence-corrected chi connectivity index (χ4v) is 3.27. The van der Waals surface area contributed by atoms with Crippen LogP contribution in [0.5, 0.6) is 0 Å². The topological polar surface area (TPSA) is 83.6 Å². The summed E-state index contributed by atoms with van der Waals surface area (Å²) in [6, 6.07) is 11.0. The molecule has 7 heteroatoms. The molecule has 3 aromatic rings. The zero-order valence-electron chi connectivity index (χ0n) is 14.6. The van der Waals surface area contributed by atoms with Crippen LogP contribution in [0.25, 0.3) is 5.76 Å². The van der Waals surface area contributed by atoms with E-state index in [9.17, 15) is 19.1 Å². The van der Waals surface area contributed by atoms with Gasteiger partial charge in [-0.25, -0.2) is 4.39 Å². The van der Waals surface area contributed by atoms with Crippen LogP contribution >= 0.6 is 0 Å². The Morgan fingerprint density at radius 2 is 1.82 bits per heavy atom. The average Bonchev–Trinajstić information content (AvgIpc) is 3.31. The molecule has 0 spiro atoms. The van der Waals surface area contributed by atoms with Crippen molar-refractivity contribution < 1.29 is 23.5 Å². The number of carbonyl (C=O) groups excluding carboxylic acids is 2. The quantitative estimate of drug-likeness (QED) is 0.427. The van der Waals surface area contributed by atoms with Gasteiger partial charge in [0.25, 0.3) is 11.7 Å². The van der Waals surface area contributed by atoms with Crippen molar-refractivity contribution >= 4 is 17.4 Å². The molecule has 1 aliphatic heterocycles.